The maximum atomic E-state index is 11.2. The molecule has 2 saturated heterocycles. The lowest BCUT2D eigenvalue weighted by Gasteiger charge is -2.50. The number of rotatable bonds is 6. The molecule has 2 aromatic heterocycles. The number of hydrogen-bond acceptors (Lipinski definition) is 6. The Balaban J connectivity index is 1.14. The summed E-state index contributed by atoms with van der Waals surface area (Å²) in [7, 11) is 0. The number of piperidine rings is 1. The quantitative estimate of drug-likeness (QED) is 0.465. The van der Waals surface area contributed by atoms with Gasteiger partial charge in [0.05, 0.1) is 23.9 Å². The third-order valence-corrected chi connectivity index (χ3v) is 9.27. The molecule has 8 nitrogen and oxygen atoms in total. The number of anilines is 1. The number of carboxylic acids is 1. The van der Waals surface area contributed by atoms with Crippen LogP contribution in [0.25, 0.3) is 11.2 Å². The maximum absolute atomic E-state index is 11.2. The molecule has 4 heterocycles. The molecule has 1 aliphatic carbocycles. The molecule has 1 saturated carbocycles. The van der Waals surface area contributed by atoms with Crippen molar-refractivity contribution in [2.75, 3.05) is 31.1 Å². The number of nitrogens with zero attached hydrogens (tertiary/aromatic N) is 6. The predicted octanol–water partition coefficient (Wildman–Crippen LogP) is 5.06. The van der Waals surface area contributed by atoms with Crippen LogP contribution >= 0.6 is 23.2 Å². The van der Waals surface area contributed by atoms with Gasteiger partial charge in [-0.2, -0.15) is 5.10 Å². The van der Waals surface area contributed by atoms with Gasteiger partial charge >= 0.3 is 5.97 Å². The van der Waals surface area contributed by atoms with E-state index in [2.05, 4.69) is 16.7 Å². The number of aliphatic carboxylic acids is 1. The van der Waals surface area contributed by atoms with E-state index in [4.69, 9.17) is 38.3 Å². The van der Waals surface area contributed by atoms with E-state index in [0.717, 1.165) is 67.3 Å². The average molecular weight is 543 g/mol. The molecule has 2 aliphatic heterocycles. The zero-order valence-electron chi connectivity index (χ0n) is 21.1. The Bertz CT molecular complexity index is 1330. The van der Waals surface area contributed by atoms with E-state index in [1.165, 1.54) is 12.8 Å². The fourth-order valence-corrected chi connectivity index (χ4v) is 6.84. The first kappa shape index (κ1) is 24.9. The predicted molar refractivity (Wildman–Crippen MR) is 144 cm³/mol. The van der Waals surface area contributed by atoms with Gasteiger partial charge < -0.3 is 14.9 Å². The molecule has 2 unspecified atom stereocenters. The largest absolute Gasteiger partial charge is 0.481 e. The fourth-order valence-electron chi connectivity index (χ4n) is 6.28. The highest BCUT2D eigenvalue weighted by molar-refractivity contribution is 6.35. The van der Waals surface area contributed by atoms with Crippen molar-refractivity contribution in [2.24, 2.45) is 17.8 Å². The van der Waals surface area contributed by atoms with Gasteiger partial charge in [-0.05, 0) is 75.6 Å². The SMILES string of the molecule is Cc1nn(C(C)c2ccc(Cl)cc2Cl)c2nc(N3CC(C4CCCN([C@H]5C[C@@H](C(=O)O)C5)C4)C3)cnc12. The van der Waals surface area contributed by atoms with Gasteiger partial charge in [-0.3, -0.25) is 4.79 Å². The fraction of sp³-hybridized carbons (Fsp3) is 0.556. The van der Waals surface area contributed by atoms with Gasteiger partial charge in [-0.1, -0.05) is 29.3 Å². The zero-order chi connectivity index (χ0) is 25.8. The number of aryl methyl sites for hydroxylation is 1. The minimum Gasteiger partial charge on any atom is -0.481 e. The highest BCUT2D eigenvalue weighted by Crippen LogP contribution is 2.38. The highest BCUT2D eigenvalue weighted by atomic mass is 35.5. The van der Waals surface area contributed by atoms with Gasteiger partial charge in [0, 0.05) is 35.7 Å². The number of halogens is 2. The molecule has 0 amide bonds. The van der Waals surface area contributed by atoms with Crippen molar-refractivity contribution in [3.05, 3.63) is 45.7 Å². The zero-order valence-corrected chi connectivity index (χ0v) is 22.7. The summed E-state index contributed by atoms with van der Waals surface area (Å²) in [5.41, 5.74) is 3.35. The Morgan fingerprint density at radius 1 is 1.16 bits per heavy atom. The van der Waals surface area contributed by atoms with Gasteiger partial charge in [-0.15, -0.1) is 0 Å². The topological polar surface area (TPSA) is 87.4 Å². The van der Waals surface area contributed by atoms with Crippen LogP contribution < -0.4 is 4.90 Å². The lowest BCUT2D eigenvalue weighted by molar-refractivity contribution is -0.147. The van der Waals surface area contributed by atoms with Gasteiger partial charge in [0.1, 0.15) is 11.3 Å². The van der Waals surface area contributed by atoms with E-state index in [1.54, 1.807) is 6.07 Å². The van der Waals surface area contributed by atoms with Crippen molar-refractivity contribution in [3.8, 4) is 0 Å². The Hall–Kier alpha value is -2.42. The molecule has 2 atom stereocenters. The van der Waals surface area contributed by atoms with Crippen LogP contribution in [0.1, 0.15) is 49.9 Å². The molecule has 3 aromatic rings. The normalized spacial score (nSPS) is 25.6. The van der Waals surface area contributed by atoms with Crippen molar-refractivity contribution < 1.29 is 9.90 Å². The van der Waals surface area contributed by atoms with Crippen molar-refractivity contribution in [1.29, 1.82) is 0 Å². The monoisotopic (exact) mass is 542 g/mol. The Morgan fingerprint density at radius 3 is 2.68 bits per heavy atom. The first-order valence-electron chi connectivity index (χ1n) is 13.2. The second-order valence-corrected chi connectivity index (χ2v) is 11.8. The van der Waals surface area contributed by atoms with Crippen LogP contribution in [0.15, 0.2) is 24.4 Å². The van der Waals surface area contributed by atoms with E-state index in [0.29, 0.717) is 27.9 Å². The molecule has 0 radical (unpaired) electrons. The third-order valence-electron chi connectivity index (χ3n) is 8.71. The van der Waals surface area contributed by atoms with E-state index >= 15 is 0 Å². The molecular formula is C27H32Cl2N6O2. The molecule has 6 rings (SSSR count). The van der Waals surface area contributed by atoms with Crippen LogP contribution in [0.3, 0.4) is 0 Å². The first-order valence-corrected chi connectivity index (χ1v) is 13.9. The lowest BCUT2D eigenvalue weighted by atomic mass is 9.76. The second-order valence-electron chi connectivity index (χ2n) is 11.0. The molecule has 37 heavy (non-hydrogen) atoms. The number of benzene rings is 1. The standard InChI is InChI=1S/C27H32Cl2N6O2/c1-15-25-26(35(32-15)16(2)22-6-5-20(28)10-23(22)29)31-24(11-30-25)34-13-19(14-34)17-4-3-7-33(12-17)21-8-18(9-21)27(36)37/h5-6,10-11,16-19,21H,3-4,7-9,12-14H2,1-2H3,(H,36,37)/t16?,17?,18-,21+. The molecule has 1 aromatic carbocycles. The van der Waals surface area contributed by atoms with Crippen LogP contribution in [0.2, 0.25) is 10.0 Å². The Morgan fingerprint density at radius 2 is 1.95 bits per heavy atom. The number of likely N-dealkylation sites (tertiary alicyclic amines) is 1. The Kier molecular flexibility index (Phi) is 6.53. The number of hydrogen-bond donors (Lipinski definition) is 1. The van der Waals surface area contributed by atoms with Crippen LogP contribution in [0, 0.1) is 24.7 Å². The van der Waals surface area contributed by atoms with Crippen LogP contribution in [0.4, 0.5) is 5.82 Å². The molecule has 0 spiro atoms. The number of aromatic nitrogens is 4. The number of carboxylic acid groups (broad SMARTS) is 1. The number of fused-ring (bicyclic) bond motifs is 1. The molecular weight excluding hydrogens is 511 g/mol. The van der Waals surface area contributed by atoms with Gasteiger partial charge in [0.2, 0.25) is 0 Å². The second kappa shape index (κ2) is 9.71. The van der Waals surface area contributed by atoms with Crippen molar-refractivity contribution in [3.63, 3.8) is 0 Å². The summed E-state index contributed by atoms with van der Waals surface area (Å²) in [6, 6.07) is 5.88. The van der Waals surface area contributed by atoms with E-state index in [-0.39, 0.29) is 12.0 Å². The number of carbonyl (C=O) groups is 1. The average Bonchev–Trinajstić information content (AvgIpc) is 3.13. The smallest absolute Gasteiger partial charge is 0.306 e. The Labute approximate surface area is 226 Å². The molecule has 10 heteroatoms. The molecule has 1 N–H and O–H groups in total. The molecule has 3 fully saturated rings. The summed E-state index contributed by atoms with van der Waals surface area (Å²) in [6.45, 7) is 8.17. The van der Waals surface area contributed by atoms with Gasteiger partial charge in [-0.25, -0.2) is 14.6 Å². The van der Waals surface area contributed by atoms with Crippen LogP contribution in [0.5, 0.6) is 0 Å². The minimum absolute atomic E-state index is 0.116. The first-order chi connectivity index (χ1) is 17.8. The van der Waals surface area contributed by atoms with Crippen LogP contribution in [-0.2, 0) is 4.79 Å². The summed E-state index contributed by atoms with van der Waals surface area (Å²) in [5.74, 6) is 1.39. The summed E-state index contributed by atoms with van der Waals surface area (Å²) in [4.78, 5) is 25.8. The lowest BCUT2D eigenvalue weighted by Crippen LogP contribution is -2.56. The van der Waals surface area contributed by atoms with Gasteiger partial charge in [0.25, 0.3) is 0 Å². The highest BCUT2D eigenvalue weighted by Gasteiger charge is 2.42. The van der Waals surface area contributed by atoms with Crippen molar-refractivity contribution in [2.45, 2.75) is 51.6 Å². The van der Waals surface area contributed by atoms with Crippen LogP contribution in [-0.4, -0.2) is 67.9 Å². The van der Waals surface area contributed by atoms with E-state index in [1.807, 2.05) is 29.9 Å². The molecule has 3 aliphatic rings. The van der Waals surface area contributed by atoms with Crippen molar-refractivity contribution in [1.82, 2.24) is 24.6 Å². The van der Waals surface area contributed by atoms with E-state index < -0.39 is 5.97 Å². The summed E-state index contributed by atoms with van der Waals surface area (Å²) < 4.78 is 1.91. The maximum Gasteiger partial charge on any atom is 0.306 e. The summed E-state index contributed by atoms with van der Waals surface area (Å²) in [6.07, 6.45) is 5.93. The molecule has 0 bridgehead atoms. The van der Waals surface area contributed by atoms with Gasteiger partial charge in [0.15, 0.2) is 5.65 Å². The van der Waals surface area contributed by atoms with Crippen molar-refractivity contribution >= 4 is 46.2 Å². The summed E-state index contributed by atoms with van der Waals surface area (Å²) in [5, 5.41) is 15.2. The third kappa shape index (κ3) is 4.57. The summed E-state index contributed by atoms with van der Waals surface area (Å²) >= 11 is 12.6. The minimum atomic E-state index is -0.639. The van der Waals surface area contributed by atoms with E-state index in [9.17, 15) is 9.90 Å². The molecule has 196 valence electrons.